The molecule has 0 bridgehead atoms. The molecule has 1 aliphatic carbocycles. The molecule has 3 aliphatic rings. The van der Waals surface area contributed by atoms with E-state index in [0.717, 1.165) is 25.7 Å². The quantitative estimate of drug-likeness (QED) is 0.250. The van der Waals surface area contributed by atoms with Crippen LogP contribution in [0.15, 0.2) is 66.9 Å². The Bertz CT molecular complexity index is 1740. The van der Waals surface area contributed by atoms with Crippen LogP contribution in [0, 0.1) is 0 Å². The van der Waals surface area contributed by atoms with Crippen molar-refractivity contribution < 1.29 is 28.5 Å². The molecule has 0 spiro atoms. The zero-order valence-electron chi connectivity index (χ0n) is 28.1. The van der Waals surface area contributed by atoms with E-state index >= 15 is 0 Å². The lowest BCUT2D eigenvalue weighted by Gasteiger charge is -2.43. The zero-order valence-corrected chi connectivity index (χ0v) is 29.1. The highest BCUT2D eigenvalue weighted by Crippen LogP contribution is 2.45. The highest BCUT2D eigenvalue weighted by Gasteiger charge is 2.58. The van der Waals surface area contributed by atoms with Crippen LogP contribution in [0.3, 0.4) is 0 Å². The van der Waals surface area contributed by atoms with Gasteiger partial charge in [-0.05, 0) is 42.1 Å². The van der Waals surface area contributed by atoms with Crippen molar-refractivity contribution in [1.29, 1.82) is 0 Å². The Hall–Kier alpha value is -3.88. The number of carboxylic acid groups (broad SMARTS) is 1. The lowest BCUT2D eigenvalue weighted by molar-refractivity contribution is -0.200. The number of hydrogen-bond donors (Lipinski definition) is 2. The van der Waals surface area contributed by atoms with Crippen LogP contribution in [0.5, 0.6) is 0 Å². The van der Waals surface area contributed by atoms with Crippen LogP contribution in [-0.4, -0.2) is 76.0 Å². The molecule has 12 nitrogen and oxygen atoms in total. The minimum atomic E-state index is -2.88. The molecule has 3 fully saturated rings. The van der Waals surface area contributed by atoms with Crippen LogP contribution < -0.4 is 21.0 Å². The van der Waals surface area contributed by atoms with E-state index in [2.05, 4.69) is 84.4 Å². The third-order valence-corrected chi connectivity index (χ3v) is 14.8. The van der Waals surface area contributed by atoms with Gasteiger partial charge in [-0.15, -0.1) is 0 Å². The normalized spacial score (nSPS) is 24.3. The van der Waals surface area contributed by atoms with Crippen LogP contribution in [-0.2, 0) is 18.6 Å². The van der Waals surface area contributed by atoms with E-state index in [4.69, 9.17) is 24.4 Å². The van der Waals surface area contributed by atoms with Crippen molar-refractivity contribution in [2.75, 3.05) is 17.2 Å². The first kappa shape index (κ1) is 32.7. The number of nitrogen functional groups attached to an aromatic ring is 1. The summed E-state index contributed by atoms with van der Waals surface area (Å²) in [4.78, 5) is 22.8. The molecule has 48 heavy (non-hydrogen) atoms. The Kier molecular flexibility index (Phi) is 8.31. The van der Waals surface area contributed by atoms with E-state index in [9.17, 15) is 9.90 Å². The van der Waals surface area contributed by atoms with Gasteiger partial charge in [-0.25, -0.2) is 9.48 Å². The number of anilines is 2. The lowest BCUT2D eigenvalue weighted by atomic mass is 10.1. The number of hydrogen-bond acceptors (Lipinski definition) is 9. The van der Waals surface area contributed by atoms with Crippen molar-refractivity contribution in [2.45, 2.75) is 102 Å². The van der Waals surface area contributed by atoms with Crippen molar-refractivity contribution >= 4 is 47.6 Å². The van der Waals surface area contributed by atoms with Crippen molar-refractivity contribution in [1.82, 2.24) is 19.7 Å². The van der Waals surface area contributed by atoms with E-state index in [-0.39, 0.29) is 29.5 Å². The number of carbonyl (C=O) groups is 1. The maximum atomic E-state index is 12.5. The van der Waals surface area contributed by atoms with Gasteiger partial charge in [0.2, 0.25) is 5.95 Å². The second-order valence-corrected chi connectivity index (χ2v) is 18.7. The predicted octanol–water partition coefficient (Wildman–Crippen LogP) is 4.83. The Labute approximate surface area is 281 Å². The van der Waals surface area contributed by atoms with Crippen molar-refractivity contribution in [3.63, 3.8) is 0 Å². The number of aromatic nitrogens is 4. The van der Waals surface area contributed by atoms with E-state index in [1.54, 1.807) is 10.9 Å². The largest absolute Gasteiger partial charge is 0.465 e. The highest BCUT2D eigenvalue weighted by molar-refractivity contribution is 6.99. The van der Waals surface area contributed by atoms with Crippen LogP contribution in [0.2, 0.25) is 5.04 Å². The third-order valence-electron chi connectivity index (χ3n) is 9.82. The first-order chi connectivity index (χ1) is 22.9. The van der Waals surface area contributed by atoms with Gasteiger partial charge < -0.3 is 29.5 Å². The summed E-state index contributed by atoms with van der Waals surface area (Å²) < 4.78 is 28.6. The second-order valence-electron chi connectivity index (χ2n) is 14.4. The number of ether oxygens (including phenoxy) is 3. The van der Waals surface area contributed by atoms with E-state index < -0.39 is 44.7 Å². The number of rotatable bonds is 8. The Balaban J connectivity index is 1.26. The van der Waals surface area contributed by atoms with Gasteiger partial charge in [0, 0.05) is 6.04 Å². The Morgan fingerprint density at radius 3 is 2.21 bits per heavy atom. The minimum Gasteiger partial charge on any atom is -0.465 e. The number of amides is 1. The molecule has 4 aromatic rings. The number of nitrogens with two attached hydrogens (primary N) is 1. The first-order valence-corrected chi connectivity index (χ1v) is 18.6. The second kappa shape index (κ2) is 12.2. The molecular weight excluding hydrogens is 629 g/mol. The van der Waals surface area contributed by atoms with Gasteiger partial charge in [0.25, 0.3) is 8.32 Å². The molecule has 4 atom stereocenters. The molecule has 1 saturated carbocycles. The standard InChI is InChI=1S/C35H44N6O6Si/c1-34(2,3)48(23-16-8-6-9-17-23,24-18-10-7-11-19-24)44-21-26-27-28(47-35(4,5)46-27)31(45-26)41-30-25(20-37-41)29(38-32(36)39-30)40(33(42)43)22-14-12-13-15-22/h6-11,16-20,22,26-28,31H,12-15,21H2,1-5H3,(H,42,43)(H2,36,38,39)/t26-,27-,28-,31-/m1/s1. The zero-order chi connectivity index (χ0) is 33.8. The fourth-order valence-electron chi connectivity index (χ4n) is 7.84. The van der Waals surface area contributed by atoms with Crippen LogP contribution >= 0.6 is 0 Å². The third kappa shape index (κ3) is 5.56. The first-order valence-electron chi connectivity index (χ1n) is 16.7. The fraction of sp³-hybridized carbons (Fsp3) is 0.486. The highest BCUT2D eigenvalue weighted by atomic mass is 28.4. The summed E-state index contributed by atoms with van der Waals surface area (Å²) in [7, 11) is -2.88. The molecule has 2 saturated heterocycles. The van der Waals surface area contributed by atoms with Gasteiger partial charge in [0.05, 0.1) is 18.2 Å². The average molecular weight is 673 g/mol. The van der Waals surface area contributed by atoms with Crippen LogP contribution in [0.4, 0.5) is 16.6 Å². The average Bonchev–Trinajstić information content (AvgIpc) is 3.83. The predicted molar refractivity (Wildman–Crippen MR) is 184 cm³/mol. The van der Waals surface area contributed by atoms with Gasteiger partial charge in [-0.2, -0.15) is 15.1 Å². The van der Waals surface area contributed by atoms with Crippen molar-refractivity contribution in [2.24, 2.45) is 0 Å². The lowest BCUT2D eigenvalue weighted by Crippen LogP contribution is -2.67. The topological polar surface area (TPSA) is 147 Å². The SMILES string of the molecule is CC1(C)O[C@@H]2[C@H](O1)[C@@H](CO[Si](c1ccccc1)(c1ccccc1)C(C)(C)C)O[C@H]2n1ncc2c(N(C(=O)O)C3CCCC3)nc(N)nc21. The Morgan fingerprint density at radius 2 is 1.62 bits per heavy atom. The molecule has 2 aromatic heterocycles. The summed E-state index contributed by atoms with van der Waals surface area (Å²) in [6.45, 7) is 10.7. The summed E-state index contributed by atoms with van der Waals surface area (Å²) in [5, 5.41) is 17.5. The minimum absolute atomic E-state index is 0.0477. The van der Waals surface area contributed by atoms with Gasteiger partial charge in [0.15, 0.2) is 23.5 Å². The molecule has 3 N–H and O–H groups in total. The van der Waals surface area contributed by atoms with Gasteiger partial charge >= 0.3 is 6.09 Å². The Morgan fingerprint density at radius 1 is 1.02 bits per heavy atom. The molecule has 2 aromatic carbocycles. The molecule has 0 unspecified atom stereocenters. The summed E-state index contributed by atoms with van der Waals surface area (Å²) in [5.41, 5.74) is 6.58. The number of benzene rings is 2. The summed E-state index contributed by atoms with van der Waals surface area (Å²) in [6, 6.07) is 20.7. The fourth-order valence-corrected chi connectivity index (χ4v) is 12.4. The molecule has 13 heteroatoms. The van der Waals surface area contributed by atoms with E-state index in [1.165, 1.54) is 15.3 Å². The molecular formula is C35H44N6O6Si. The summed E-state index contributed by atoms with van der Waals surface area (Å²) >= 11 is 0. The molecule has 7 rings (SSSR count). The smallest absolute Gasteiger partial charge is 0.413 e. The van der Waals surface area contributed by atoms with Crippen molar-refractivity contribution in [3.8, 4) is 0 Å². The summed E-state index contributed by atoms with van der Waals surface area (Å²) in [6.07, 6.45) is 1.69. The van der Waals surface area contributed by atoms with E-state index in [0.29, 0.717) is 11.0 Å². The number of nitrogens with zero attached hydrogens (tertiary/aromatic N) is 5. The van der Waals surface area contributed by atoms with Crippen LogP contribution in [0.1, 0.15) is 66.5 Å². The van der Waals surface area contributed by atoms with Crippen molar-refractivity contribution in [3.05, 3.63) is 66.9 Å². The molecule has 254 valence electrons. The van der Waals surface area contributed by atoms with Gasteiger partial charge in [-0.3, -0.25) is 4.90 Å². The number of fused-ring (bicyclic) bond motifs is 2. The maximum absolute atomic E-state index is 12.5. The summed E-state index contributed by atoms with van der Waals surface area (Å²) in [5.74, 6) is -0.695. The molecule has 1 amide bonds. The molecule has 0 radical (unpaired) electrons. The monoisotopic (exact) mass is 672 g/mol. The maximum Gasteiger partial charge on any atom is 0.413 e. The molecule has 4 heterocycles. The van der Waals surface area contributed by atoms with Gasteiger partial charge in [-0.1, -0.05) is 94.3 Å². The van der Waals surface area contributed by atoms with E-state index in [1.807, 2.05) is 26.0 Å². The van der Waals surface area contributed by atoms with Crippen LogP contribution in [0.25, 0.3) is 11.0 Å². The molecule has 2 aliphatic heterocycles. The van der Waals surface area contributed by atoms with Gasteiger partial charge in [0.1, 0.15) is 18.3 Å².